The minimum Gasteiger partial charge on any atom is -0.468 e. The molecule has 0 radical (unpaired) electrons. The Morgan fingerprint density at radius 3 is 2.67 bits per heavy atom. The Kier molecular flexibility index (Phi) is 5.34. The standard InChI is InChI=1S/C25H24N4O4/c1-15-4-7-19(8-5-15)29-25-24(17(3)28-29)16(2)10-23(27-25)31-13-22(30)26-12-18-6-9-20-21(11-18)33-14-32-20/h4-11H,12-14H2,1-3H3,(H,26,30). The summed E-state index contributed by atoms with van der Waals surface area (Å²) in [6.07, 6.45) is 0. The maximum absolute atomic E-state index is 12.4. The average molecular weight is 444 g/mol. The molecule has 0 aliphatic carbocycles. The molecular weight excluding hydrogens is 420 g/mol. The van der Waals surface area contributed by atoms with Crippen molar-refractivity contribution in [1.82, 2.24) is 20.1 Å². The molecule has 1 aliphatic rings. The van der Waals surface area contributed by atoms with Gasteiger partial charge in [-0.15, -0.1) is 0 Å². The predicted octanol–water partition coefficient (Wildman–Crippen LogP) is 3.77. The molecule has 0 saturated heterocycles. The van der Waals surface area contributed by atoms with E-state index in [9.17, 15) is 4.79 Å². The molecule has 8 heteroatoms. The third-order valence-corrected chi connectivity index (χ3v) is 5.54. The molecule has 1 N–H and O–H groups in total. The molecule has 8 nitrogen and oxygen atoms in total. The number of aryl methyl sites for hydroxylation is 3. The largest absolute Gasteiger partial charge is 0.468 e. The van der Waals surface area contributed by atoms with Crippen molar-refractivity contribution in [2.75, 3.05) is 13.4 Å². The highest BCUT2D eigenvalue weighted by molar-refractivity contribution is 5.84. The second kappa shape index (κ2) is 8.46. The van der Waals surface area contributed by atoms with Crippen molar-refractivity contribution in [2.45, 2.75) is 27.3 Å². The highest BCUT2D eigenvalue weighted by Gasteiger charge is 2.16. The second-order valence-corrected chi connectivity index (χ2v) is 8.06. The lowest BCUT2D eigenvalue weighted by atomic mass is 10.1. The number of pyridine rings is 1. The summed E-state index contributed by atoms with van der Waals surface area (Å²) >= 11 is 0. The number of rotatable bonds is 6. The highest BCUT2D eigenvalue weighted by Crippen LogP contribution is 2.32. The number of hydrogen-bond acceptors (Lipinski definition) is 6. The van der Waals surface area contributed by atoms with Crippen LogP contribution >= 0.6 is 0 Å². The Labute approximate surface area is 191 Å². The van der Waals surface area contributed by atoms with Crippen LogP contribution in [0, 0.1) is 20.8 Å². The third-order valence-electron chi connectivity index (χ3n) is 5.54. The minimum absolute atomic E-state index is 0.139. The summed E-state index contributed by atoms with van der Waals surface area (Å²) in [7, 11) is 0. The van der Waals surface area contributed by atoms with E-state index in [4.69, 9.17) is 14.2 Å². The van der Waals surface area contributed by atoms with Gasteiger partial charge in [0.15, 0.2) is 23.8 Å². The first-order chi connectivity index (χ1) is 16.0. The van der Waals surface area contributed by atoms with Gasteiger partial charge in [0.2, 0.25) is 12.7 Å². The van der Waals surface area contributed by atoms with Crippen molar-refractivity contribution in [3.05, 3.63) is 70.9 Å². The van der Waals surface area contributed by atoms with Crippen LogP contribution in [0.5, 0.6) is 17.4 Å². The summed E-state index contributed by atoms with van der Waals surface area (Å²) in [6, 6.07) is 15.5. The summed E-state index contributed by atoms with van der Waals surface area (Å²) in [5.74, 6) is 1.54. The van der Waals surface area contributed by atoms with Crippen molar-refractivity contribution >= 4 is 16.9 Å². The summed E-state index contributed by atoms with van der Waals surface area (Å²) < 4.78 is 18.2. The first kappa shape index (κ1) is 20.8. The molecule has 168 valence electrons. The molecule has 0 spiro atoms. The Balaban J connectivity index is 1.29. The van der Waals surface area contributed by atoms with E-state index in [1.807, 2.05) is 74.0 Å². The summed E-state index contributed by atoms with van der Waals surface area (Å²) in [6.45, 7) is 6.45. The van der Waals surface area contributed by atoms with Gasteiger partial charge in [-0.25, -0.2) is 4.68 Å². The summed E-state index contributed by atoms with van der Waals surface area (Å²) in [4.78, 5) is 17.0. The molecule has 1 amide bonds. The molecule has 0 fully saturated rings. The van der Waals surface area contributed by atoms with Crippen LogP contribution in [0.15, 0.2) is 48.5 Å². The zero-order valence-corrected chi connectivity index (χ0v) is 18.7. The molecular formula is C25H24N4O4. The van der Waals surface area contributed by atoms with Crippen molar-refractivity contribution in [3.63, 3.8) is 0 Å². The van der Waals surface area contributed by atoms with Gasteiger partial charge in [0.05, 0.1) is 11.4 Å². The number of hydrogen-bond donors (Lipinski definition) is 1. The topological polar surface area (TPSA) is 87.5 Å². The Hall–Kier alpha value is -4.07. The molecule has 3 heterocycles. The lowest BCUT2D eigenvalue weighted by molar-refractivity contribution is -0.123. The molecule has 5 rings (SSSR count). The van der Waals surface area contributed by atoms with Crippen LogP contribution in [-0.4, -0.2) is 34.1 Å². The third kappa shape index (κ3) is 4.19. The van der Waals surface area contributed by atoms with Crippen LogP contribution in [-0.2, 0) is 11.3 Å². The quantitative estimate of drug-likeness (QED) is 0.487. The van der Waals surface area contributed by atoms with Gasteiger partial charge in [-0.05, 0) is 56.2 Å². The molecule has 1 aliphatic heterocycles. The fourth-order valence-corrected chi connectivity index (χ4v) is 3.86. The first-order valence-electron chi connectivity index (χ1n) is 10.7. The number of carbonyl (C=O) groups excluding carboxylic acids is 1. The first-order valence-corrected chi connectivity index (χ1v) is 10.7. The molecule has 4 aromatic rings. The van der Waals surface area contributed by atoms with Crippen LogP contribution in [0.25, 0.3) is 16.7 Å². The predicted molar refractivity (Wildman–Crippen MR) is 123 cm³/mol. The summed E-state index contributed by atoms with van der Waals surface area (Å²) in [5, 5.41) is 8.51. The molecule has 2 aromatic heterocycles. The number of ether oxygens (including phenoxy) is 3. The molecule has 0 unspecified atom stereocenters. The number of fused-ring (bicyclic) bond motifs is 2. The molecule has 0 atom stereocenters. The SMILES string of the molecule is Cc1ccc(-n2nc(C)c3c(C)cc(OCC(=O)NCc4ccc5c(c4)OCO5)nc32)cc1. The van der Waals surface area contributed by atoms with E-state index in [-0.39, 0.29) is 19.3 Å². The minimum atomic E-state index is -0.240. The highest BCUT2D eigenvalue weighted by atomic mass is 16.7. The fraction of sp³-hybridized carbons (Fsp3) is 0.240. The number of nitrogens with one attached hydrogen (secondary N) is 1. The van der Waals surface area contributed by atoms with E-state index in [0.29, 0.717) is 29.6 Å². The van der Waals surface area contributed by atoms with Gasteiger partial charge in [0.25, 0.3) is 5.91 Å². The van der Waals surface area contributed by atoms with Crippen molar-refractivity contribution in [2.24, 2.45) is 0 Å². The maximum atomic E-state index is 12.4. The van der Waals surface area contributed by atoms with Gasteiger partial charge in [-0.2, -0.15) is 10.1 Å². The van der Waals surface area contributed by atoms with Crippen molar-refractivity contribution in [3.8, 4) is 23.1 Å². The van der Waals surface area contributed by atoms with Crippen LogP contribution in [0.2, 0.25) is 0 Å². The van der Waals surface area contributed by atoms with E-state index >= 15 is 0 Å². The van der Waals surface area contributed by atoms with Gasteiger partial charge in [-0.1, -0.05) is 23.8 Å². The maximum Gasteiger partial charge on any atom is 0.258 e. The van der Waals surface area contributed by atoms with Gasteiger partial charge in [0.1, 0.15) is 0 Å². The number of amides is 1. The van der Waals surface area contributed by atoms with Gasteiger partial charge in [0, 0.05) is 18.0 Å². The monoisotopic (exact) mass is 444 g/mol. The lowest BCUT2D eigenvalue weighted by Gasteiger charge is -2.09. The molecule has 33 heavy (non-hydrogen) atoms. The van der Waals surface area contributed by atoms with Crippen LogP contribution in [0.4, 0.5) is 0 Å². The van der Waals surface area contributed by atoms with E-state index in [1.165, 1.54) is 5.56 Å². The van der Waals surface area contributed by atoms with E-state index < -0.39 is 0 Å². The van der Waals surface area contributed by atoms with Crippen molar-refractivity contribution in [1.29, 1.82) is 0 Å². The van der Waals surface area contributed by atoms with E-state index in [2.05, 4.69) is 15.4 Å². The zero-order chi connectivity index (χ0) is 22.9. The van der Waals surface area contributed by atoms with Gasteiger partial charge < -0.3 is 19.5 Å². The Morgan fingerprint density at radius 2 is 1.85 bits per heavy atom. The normalized spacial score (nSPS) is 12.2. The average Bonchev–Trinajstić information content (AvgIpc) is 3.41. The summed E-state index contributed by atoms with van der Waals surface area (Å²) in [5.41, 5.74) is 5.60. The number of nitrogens with zero attached hydrogens (tertiary/aromatic N) is 3. The molecule has 0 saturated carbocycles. The van der Waals surface area contributed by atoms with Crippen LogP contribution < -0.4 is 19.5 Å². The smallest absolute Gasteiger partial charge is 0.258 e. The van der Waals surface area contributed by atoms with E-state index in [0.717, 1.165) is 27.9 Å². The second-order valence-electron chi connectivity index (χ2n) is 8.06. The number of aromatic nitrogens is 3. The Bertz CT molecular complexity index is 1350. The number of benzene rings is 2. The Morgan fingerprint density at radius 1 is 1.06 bits per heavy atom. The molecule has 2 aromatic carbocycles. The lowest BCUT2D eigenvalue weighted by Crippen LogP contribution is -2.28. The van der Waals surface area contributed by atoms with Crippen molar-refractivity contribution < 1.29 is 19.0 Å². The van der Waals surface area contributed by atoms with Crippen LogP contribution in [0.1, 0.15) is 22.4 Å². The van der Waals surface area contributed by atoms with Gasteiger partial charge >= 0.3 is 0 Å². The fourth-order valence-electron chi connectivity index (χ4n) is 3.86. The zero-order valence-electron chi connectivity index (χ0n) is 18.7. The molecule has 0 bridgehead atoms. The van der Waals surface area contributed by atoms with Gasteiger partial charge in [-0.3, -0.25) is 4.79 Å². The van der Waals surface area contributed by atoms with Crippen LogP contribution in [0.3, 0.4) is 0 Å². The van der Waals surface area contributed by atoms with E-state index in [1.54, 1.807) is 0 Å². The number of carbonyl (C=O) groups is 1.